The van der Waals surface area contributed by atoms with Crippen molar-refractivity contribution in [3.8, 4) is 17.7 Å². The Morgan fingerprint density at radius 2 is 2.24 bits per heavy atom. The fourth-order valence-electron chi connectivity index (χ4n) is 1.78. The summed E-state index contributed by atoms with van der Waals surface area (Å²) in [5, 5.41) is 3.26. The molecule has 0 aromatic carbocycles. The Balaban J connectivity index is 1.67. The maximum atomic E-state index is 5.76. The molecule has 17 heavy (non-hydrogen) atoms. The quantitative estimate of drug-likeness (QED) is 0.768. The summed E-state index contributed by atoms with van der Waals surface area (Å²) in [5.74, 6) is 7.48. The summed E-state index contributed by atoms with van der Waals surface area (Å²) in [4.78, 5) is 8.25. The normalized spacial score (nSPS) is 22.9. The van der Waals surface area contributed by atoms with Gasteiger partial charge in [-0.25, -0.2) is 9.97 Å². The third-order valence-electron chi connectivity index (χ3n) is 2.93. The van der Waals surface area contributed by atoms with E-state index < -0.39 is 0 Å². The lowest BCUT2D eigenvalue weighted by atomic mass is 10.3. The molecule has 0 amide bonds. The van der Waals surface area contributed by atoms with Crippen LogP contribution in [-0.2, 0) is 0 Å². The number of nitrogens with zero attached hydrogens (tertiary/aromatic N) is 2. The molecular formula is C13H15N3O. The number of ether oxygens (including phenoxy) is 1. The molecule has 1 aromatic heterocycles. The average molecular weight is 229 g/mol. The van der Waals surface area contributed by atoms with Crippen molar-refractivity contribution in [1.82, 2.24) is 15.3 Å². The van der Waals surface area contributed by atoms with Gasteiger partial charge in [-0.1, -0.05) is 5.92 Å². The average Bonchev–Trinajstić information content (AvgIpc) is 3.05. The van der Waals surface area contributed by atoms with E-state index in [4.69, 9.17) is 4.74 Å². The van der Waals surface area contributed by atoms with E-state index in [0.29, 0.717) is 11.8 Å². The zero-order valence-corrected chi connectivity index (χ0v) is 9.65. The van der Waals surface area contributed by atoms with E-state index in [-0.39, 0.29) is 6.10 Å². The van der Waals surface area contributed by atoms with Crippen LogP contribution < -0.4 is 10.1 Å². The molecule has 2 fully saturated rings. The maximum Gasteiger partial charge on any atom is 0.217 e. The minimum Gasteiger partial charge on any atom is -0.473 e. The van der Waals surface area contributed by atoms with Gasteiger partial charge in [0, 0.05) is 18.5 Å². The molecule has 2 aliphatic rings. The third kappa shape index (κ3) is 2.95. The summed E-state index contributed by atoms with van der Waals surface area (Å²) in [6.07, 6.45) is 5.25. The molecule has 0 bridgehead atoms. The van der Waals surface area contributed by atoms with Crippen LogP contribution in [0.15, 0.2) is 12.4 Å². The van der Waals surface area contributed by atoms with Gasteiger partial charge in [0.15, 0.2) is 0 Å². The van der Waals surface area contributed by atoms with Gasteiger partial charge in [-0.15, -0.1) is 0 Å². The Bertz CT molecular complexity index is 453. The van der Waals surface area contributed by atoms with Crippen molar-refractivity contribution in [2.24, 2.45) is 5.92 Å². The Kier molecular flexibility index (Phi) is 2.93. The summed E-state index contributed by atoms with van der Waals surface area (Å²) in [7, 11) is 0. The SMILES string of the molecule is C(#CC1CC1)c1cc(OC2CCNC2)ncn1. The summed E-state index contributed by atoms with van der Waals surface area (Å²) in [5.41, 5.74) is 0.757. The zero-order chi connectivity index (χ0) is 11.5. The Morgan fingerprint density at radius 3 is 3.00 bits per heavy atom. The first kappa shape index (κ1) is 10.5. The van der Waals surface area contributed by atoms with Crippen LogP contribution in [0.1, 0.15) is 25.0 Å². The predicted molar refractivity (Wildman–Crippen MR) is 63.5 cm³/mol. The first-order valence-corrected chi connectivity index (χ1v) is 6.11. The smallest absolute Gasteiger partial charge is 0.217 e. The van der Waals surface area contributed by atoms with E-state index in [1.54, 1.807) is 0 Å². The van der Waals surface area contributed by atoms with Crippen LogP contribution in [0, 0.1) is 17.8 Å². The first-order chi connectivity index (χ1) is 8.40. The van der Waals surface area contributed by atoms with Gasteiger partial charge >= 0.3 is 0 Å². The fraction of sp³-hybridized carbons (Fsp3) is 0.538. The lowest BCUT2D eigenvalue weighted by molar-refractivity contribution is 0.213. The molecule has 0 spiro atoms. The van der Waals surface area contributed by atoms with Gasteiger partial charge in [-0.2, -0.15) is 0 Å². The molecule has 1 aromatic rings. The molecule has 88 valence electrons. The second kappa shape index (κ2) is 4.72. The maximum absolute atomic E-state index is 5.76. The molecule has 1 unspecified atom stereocenters. The van der Waals surface area contributed by atoms with Gasteiger partial charge in [-0.3, -0.25) is 0 Å². The molecule has 3 rings (SSSR count). The van der Waals surface area contributed by atoms with Crippen molar-refractivity contribution in [2.75, 3.05) is 13.1 Å². The highest BCUT2D eigenvalue weighted by Crippen LogP contribution is 2.27. The Labute approximate surface area is 101 Å². The number of rotatable bonds is 2. The summed E-state index contributed by atoms with van der Waals surface area (Å²) < 4.78 is 5.76. The van der Waals surface area contributed by atoms with Crippen molar-refractivity contribution >= 4 is 0 Å². The van der Waals surface area contributed by atoms with Crippen LogP contribution in [-0.4, -0.2) is 29.2 Å². The molecule has 1 atom stereocenters. The molecule has 1 aliphatic heterocycles. The zero-order valence-electron chi connectivity index (χ0n) is 9.65. The van der Waals surface area contributed by atoms with Crippen LogP contribution in [0.3, 0.4) is 0 Å². The van der Waals surface area contributed by atoms with Gasteiger partial charge in [0.2, 0.25) is 5.88 Å². The molecule has 2 heterocycles. The van der Waals surface area contributed by atoms with Crippen molar-refractivity contribution in [2.45, 2.75) is 25.4 Å². The molecule has 1 N–H and O–H groups in total. The van der Waals surface area contributed by atoms with E-state index in [9.17, 15) is 0 Å². The van der Waals surface area contributed by atoms with Crippen molar-refractivity contribution in [3.63, 3.8) is 0 Å². The van der Waals surface area contributed by atoms with Gasteiger partial charge < -0.3 is 10.1 Å². The van der Waals surface area contributed by atoms with E-state index in [2.05, 4.69) is 27.1 Å². The summed E-state index contributed by atoms with van der Waals surface area (Å²) >= 11 is 0. The lowest BCUT2D eigenvalue weighted by Crippen LogP contribution is -2.20. The fourth-order valence-corrected chi connectivity index (χ4v) is 1.78. The van der Waals surface area contributed by atoms with Crippen molar-refractivity contribution in [3.05, 3.63) is 18.1 Å². The monoisotopic (exact) mass is 229 g/mol. The van der Waals surface area contributed by atoms with E-state index in [1.165, 1.54) is 19.2 Å². The molecule has 0 radical (unpaired) electrons. The van der Waals surface area contributed by atoms with Gasteiger partial charge in [0.25, 0.3) is 0 Å². The minimum absolute atomic E-state index is 0.231. The molecular weight excluding hydrogens is 214 g/mol. The largest absolute Gasteiger partial charge is 0.473 e. The highest BCUT2D eigenvalue weighted by Gasteiger charge is 2.18. The molecule has 4 nitrogen and oxygen atoms in total. The Hall–Kier alpha value is -1.60. The second-order valence-electron chi connectivity index (χ2n) is 4.52. The third-order valence-corrected chi connectivity index (χ3v) is 2.93. The second-order valence-corrected chi connectivity index (χ2v) is 4.52. The number of hydrogen-bond donors (Lipinski definition) is 1. The lowest BCUT2D eigenvalue weighted by Gasteiger charge is -2.10. The Morgan fingerprint density at radius 1 is 1.29 bits per heavy atom. The highest BCUT2D eigenvalue weighted by molar-refractivity contribution is 5.31. The van der Waals surface area contributed by atoms with Crippen molar-refractivity contribution < 1.29 is 4.74 Å². The number of aromatic nitrogens is 2. The summed E-state index contributed by atoms with van der Waals surface area (Å²) in [6, 6.07) is 1.83. The first-order valence-electron chi connectivity index (χ1n) is 6.11. The molecule has 1 aliphatic carbocycles. The van der Waals surface area contributed by atoms with Crippen LogP contribution in [0.25, 0.3) is 0 Å². The summed E-state index contributed by atoms with van der Waals surface area (Å²) in [6.45, 7) is 1.91. The molecule has 1 saturated heterocycles. The van der Waals surface area contributed by atoms with Gasteiger partial charge in [-0.05, 0) is 31.7 Å². The van der Waals surface area contributed by atoms with E-state index in [0.717, 1.165) is 25.2 Å². The highest BCUT2D eigenvalue weighted by atomic mass is 16.5. The molecule has 4 heteroatoms. The number of nitrogens with one attached hydrogen (secondary N) is 1. The van der Waals surface area contributed by atoms with Crippen LogP contribution in [0.2, 0.25) is 0 Å². The van der Waals surface area contributed by atoms with E-state index in [1.807, 2.05) is 6.07 Å². The van der Waals surface area contributed by atoms with Crippen LogP contribution >= 0.6 is 0 Å². The minimum atomic E-state index is 0.231. The van der Waals surface area contributed by atoms with Gasteiger partial charge in [0.1, 0.15) is 18.1 Å². The number of hydrogen-bond acceptors (Lipinski definition) is 4. The standard InChI is InChI=1S/C13H15N3O/c1-2-10(1)3-4-11-7-13(16-9-15-11)17-12-5-6-14-8-12/h7,9-10,12,14H,1-2,5-6,8H2. The van der Waals surface area contributed by atoms with Crippen LogP contribution in [0.4, 0.5) is 0 Å². The van der Waals surface area contributed by atoms with E-state index >= 15 is 0 Å². The topological polar surface area (TPSA) is 47.0 Å². The van der Waals surface area contributed by atoms with Gasteiger partial charge in [0.05, 0.1) is 0 Å². The predicted octanol–water partition coefficient (Wildman–Crippen LogP) is 0.979. The van der Waals surface area contributed by atoms with Crippen LogP contribution in [0.5, 0.6) is 5.88 Å². The van der Waals surface area contributed by atoms with Crippen molar-refractivity contribution in [1.29, 1.82) is 0 Å². The molecule has 1 saturated carbocycles.